The van der Waals surface area contributed by atoms with E-state index in [1.807, 2.05) is 49.4 Å². The van der Waals surface area contributed by atoms with Crippen LogP contribution in [0.25, 0.3) is 10.9 Å². The van der Waals surface area contributed by atoms with Gasteiger partial charge in [-0.2, -0.15) is 4.31 Å². The fourth-order valence-corrected chi connectivity index (χ4v) is 6.71. The molecule has 0 saturated carbocycles. The molecule has 1 aliphatic rings. The largest absolute Gasteiger partial charge is 0.489 e. The lowest BCUT2D eigenvalue weighted by Crippen LogP contribution is -2.45. The number of sulfonamides is 1. The first kappa shape index (κ1) is 29.9. The summed E-state index contributed by atoms with van der Waals surface area (Å²) in [6, 6.07) is 17.7. The van der Waals surface area contributed by atoms with Crippen molar-refractivity contribution in [3.05, 3.63) is 101 Å². The van der Waals surface area contributed by atoms with Crippen molar-refractivity contribution in [2.75, 3.05) is 18.4 Å². The second-order valence-corrected chi connectivity index (χ2v) is 13.7. The molecule has 1 unspecified atom stereocenters. The number of ether oxygens (including phenoxy) is 2. The van der Waals surface area contributed by atoms with Gasteiger partial charge in [0.1, 0.15) is 30.3 Å². The van der Waals surface area contributed by atoms with E-state index in [4.69, 9.17) is 9.47 Å². The second kappa shape index (κ2) is 12.4. The summed E-state index contributed by atoms with van der Waals surface area (Å²) in [4.78, 5) is 8.94. The quantitative estimate of drug-likeness (QED) is 0.185. The molecule has 11 heteroatoms. The predicted octanol–water partition coefficient (Wildman–Crippen LogP) is 7.04. The number of rotatable bonds is 11. The summed E-state index contributed by atoms with van der Waals surface area (Å²) in [7, 11) is -3.49. The number of benzene rings is 3. The Balaban J connectivity index is 1.41. The van der Waals surface area contributed by atoms with Gasteiger partial charge in [-0.25, -0.2) is 22.8 Å². The molecule has 3 aromatic carbocycles. The lowest BCUT2D eigenvalue weighted by atomic mass is 9.90. The normalized spacial score (nSPS) is 16.7. The smallest absolute Gasteiger partial charge is 0.216 e. The molecule has 0 bridgehead atoms. The van der Waals surface area contributed by atoms with Crippen LogP contribution in [0.3, 0.4) is 0 Å². The molecule has 2 heterocycles. The van der Waals surface area contributed by atoms with E-state index in [2.05, 4.69) is 31.2 Å². The molecule has 8 nitrogen and oxygen atoms in total. The van der Waals surface area contributed by atoms with Gasteiger partial charge in [-0.1, -0.05) is 25.1 Å². The van der Waals surface area contributed by atoms with Gasteiger partial charge < -0.3 is 14.8 Å². The van der Waals surface area contributed by atoms with Crippen molar-refractivity contribution in [1.82, 2.24) is 14.3 Å². The van der Waals surface area contributed by atoms with Crippen LogP contribution in [0.2, 0.25) is 0 Å². The third-order valence-corrected chi connectivity index (χ3v) is 10.1. The topological polar surface area (TPSA) is 93.7 Å². The zero-order valence-corrected chi connectivity index (χ0v) is 26.0. The van der Waals surface area contributed by atoms with Crippen LogP contribution in [0.1, 0.15) is 38.3 Å². The molecule has 5 rings (SSSR count). The van der Waals surface area contributed by atoms with Gasteiger partial charge in [0.2, 0.25) is 10.0 Å². The van der Waals surface area contributed by atoms with Gasteiger partial charge in [-0.05, 0) is 89.4 Å². The first-order valence-electron chi connectivity index (χ1n) is 13.6. The van der Waals surface area contributed by atoms with Crippen molar-refractivity contribution in [1.29, 1.82) is 0 Å². The number of fused-ring (bicyclic) bond motifs is 1. The number of anilines is 2. The summed E-state index contributed by atoms with van der Waals surface area (Å²) in [6.07, 6.45) is 5.57. The van der Waals surface area contributed by atoms with Crippen molar-refractivity contribution in [3.8, 4) is 5.75 Å². The highest BCUT2D eigenvalue weighted by molar-refractivity contribution is 9.10. The molecule has 0 aliphatic carbocycles. The minimum Gasteiger partial charge on any atom is -0.489 e. The third-order valence-electron chi connectivity index (χ3n) is 7.22. The van der Waals surface area contributed by atoms with Gasteiger partial charge in [0.25, 0.3) is 0 Å². The van der Waals surface area contributed by atoms with E-state index in [0.717, 1.165) is 32.2 Å². The summed E-state index contributed by atoms with van der Waals surface area (Å²) in [5.74, 6) is 0.898. The Labute approximate surface area is 253 Å². The van der Waals surface area contributed by atoms with Crippen molar-refractivity contribution in [2.45, 2.75) is 44.6 Å². The number of aromatic nitrogens is 2. The van der Waals surface area contributed by atoms with Crippen LogP contribution in [0, 0.1) is 5.82 Å². The van der Waals surface area contributed by atoms with Crippen LogP contribution in [0.5, 0.6) is 5.75 Å². The molecular weight excluding hydrogens is 623 g/mol. The number of hydrogen-bond donors (Lipinski definition) is 1. The summed E-state index contributed by atoms with van der Waals surface area (Å²) in [6.45, 7) is 5.96. The van der Waals surface area contributed by atoms with E-state index >= 15 is 0 Å². The molecule has 4 aromatic rings. The second-order valence-electron chi connectivity index (χ2n) is 10.4. The standard InChI is InChI=1S/C31H32BrFN4O4S/c1-4-37(42(38,39)21(2)3)19-31(13-6-14-41-31)23-9-11-28-26(16-23)30(35-20-34-28)36-25-10-12-29(27(32)17-25)40-18-22-7-5-8-24(33)15-22/h5-12,14-17,20-21H,4,13,18-19H2,1-3H3,(H,34,35,36). The Hall–Kier alpha value is -3.54. The van der Waals surface area contributed by atoms with Crippen LogP contribution in [-0.4, -0.2) is 41.0 Å². The number of halogens is 2. The predicted molar refractivity (Wildman–Crippen MR) is 166 cm³/mol. The molecule has 0 saturated heterocycles. The van der Waals surface area contributed by atoms with Crippen molar-refractivity contribution < 1.29 is 22.3 Å². The highest BCUT2D eigenvalue weighted by Crippen LogP contribution is 2.39. The number of hydrogen-bond acceptors (Lipinski definition) is 7. The first-order valence-corrected chi connectivity index (χ1v) is 15.9. The fourth-order valence-electron chi connectivity index (χ4n) is 4.87. The number of nitrogens with zero attached hydrogens (tertiary/aromatic N) is 3. The lowest BCUT2D eigenvalue weighted by molar-refractivity contribution is 0.0240. The zero-order valence-electron chi connectivity index (χ0n) is 23.6. The van der Waals surface area contributed by atoms with Crippen LogP contribution in [0.15, 0.2) is 83.8 Å². The van der Waals surface area contributed by atoms with Crippen LogP contribution in [-0.2, 0) is 27.0 Å². The molecule has 220 valence electrons. The van der Waals surface area contributed by atoms with E-state index in [0.29, 0.717) is 24.5 Å². The van der Waals surface area contributed by atoms with E-state index in [1.165, 1.54) is 22.8 Å². The molecule has 1 N–H and O–H groups in total. The monoisotopic (exact) mass is 654 g/mol. The molecule has 1 aliphatic heterocycles. The number of nitrogens with one attached hydrogen (secondary N) is 1. The summed E-state index contributed by atoms with van der Waals surface area (Å²) in [5, 5.41) is 3.59. The van der Waals surface area contributed by atoms with E-state index < -0.39 is 20.9 Å². The summed E-state index contributed by atoms with van der Waals surface area (Å²) in [5.41, 5.74) is 2.18. The Morgan fingerprint density at radius 3 is 2.67 bits per heavy atom. The van der Waals surface area contributed by atoms with Crippen LogP contribution in [0.4, 0.5) is 15.9 Å². The third kappa shape index (κ3) is 6.28. The Morgan fingerprint density at radius 2 is 1.98 bits per heavy atom. The summed E-state index contributed by atoms with van der Waals surface area (Å²) < 4.78 is 53.9. The maximum atomic E-state index is 13.5. The Morgan fingerprint density at radius 1 is 1.14 bits per heavy atom. The average Bonchev–Trinajstić information content (AvgIpc) is 3.45. The molecule has 0 radical (unpaired) electrons. The van der Waals surface area contributed by atoms with Crippen LogP contribution >= 0.6 is 15.9 Å². The van der Waals surface area contributed by atoms with E-state index in [1.54, 1.807) is 32.2 Å². The van der Waals surface area contributed by atoms with Gasteiger partial charge >= 0.3 is 0 Å². The SMILES string of the molecule is CCN(CC1(c2ccc3ncnc(Nc4ccc(OCc5cccc(F)c5)c(Br)c4)c3c2)CC=CO1)S(=O)(=O)C(C)C. The van der Waals surface area contributed by atoms with Crippen LogP contribution < -0.4 is 10.1 Å². The number of likely N-dealkylation sites (N-methyl/N-ethyl adjacent to an activating group) is 1. The average molecular weight is 656 g/mol. The van der Waals surface area contributed by atoms with Crippen molar-refractivity contribution >= 4 is 48.4 Å². The Kier molecular flexibility index (Phi) is 8.81. The molecule has 0 fully saturated rings. The maximum absolute atomic E-state index is 13.5. The van der Waals surface area contributed by atoms with Gasteiger partial charge in [-0.3, -0.25) is 0 Å². The van der Waals surface area contributed by atoms with Gasteiger partial charge in [0.15, 0.2) is 5.60 Å². The van der Waals surface area contributed by atoms with Gasteiger partial charge in [0, 0.05) is 24.0 Å². The lowest BCUT2D eigenvalue weighted by Gasteiger charge is -2.35. The van der Waals surface area contributed by atoms with Crippen molar-refractivity contribution in [2.24, 2.45) is 0 Å². The molecule has 1 aromatic heterocycles. The minimum atomic E-state index is -3.49. The molecular formula is C31H32BrFN4O4S. The summed E-state index contributed by atoms with van der Waals surface area (Å²) >= 11 is 3.57. The minimum absolute atomic E-state index is 0.184. The maximum Gasteiger partial charge on any atom is 0.216 e. The molecule has 1 atom stereocenters. The zero-order chi connectivity index (χ0) is 29.9. The fraction of sp³-hybridized carbons (Fsp3) is 0.290. The van der Waals surface area contributed by atoms with Crippen molar-refractivity contribution in [3.63, 3.8) is 0 Å². The first-order chi connectivity index (χ1) is 20.1. The highest BCUT2D eigenvalue weighted by Gasteiger charge is 2.41. The Bertz CT molecular complexity index is 1720. The van der Waals surface area contributed by atoms with Gasteiger partial charge in [0.05, 0.1) is 28.0 Å². The van der Waals surface area contributed by atoms with E-state index in [9.17, 15) is 12.8 Å². The van der Waals surface area contributed by atoms with E-state index in [-0.39, 0.29) is 19.0 Å². The molecule has 0 amide bonds. The molecule has 42 heavy (non-hydrogen) atoms. The molecule has 0 spiro atoms. The van der Waals surface area contributed by atoms with Gasteiger partial charge in [-0.15, -0.1) is 0 Å². The highest BCUT2D eigenvalue weighted by atomic mass is 79.9.